The van der Waals surface area contributed by atoms with Gasteiger partial charge in [-0.1, -0.05) is 6.58 Å². The van der Waals surface area contributed by atoms with Crippen molar-refractivity contribution in [2.75, 3.05) is 11.4 Å². The Morgan fingerprint density at radius 3 is 3.13 bits per heavy atom. The summed E-state index contributed by atoms with van der Waals surface area (Å²) >= 11 is 1.60. The van der Waals surface area contributed by atoms with Crippen molar-refractivity contribution in [2.24, 2.45) is 0 Å². The molecule has 15 heavy (non-hydrogen) atoms. The minimum atomic E-state index is -0.0122. The molecule has 1 aliphatic heterocycles. The van der Waals surface area contributed by atoms with Gasteiger partial charge in [0.2, 0.25) is 0 Å². The first kappa shape index (κ1) is 10.4. The Hall–Kier alpha value is -1.16. The predicted molar refractivity (Wildman–Crippen MR) is 62.3 cm³/mol. The van der Waals surface area contributed by atoms with E-state index in [2.05, 4.69) is 11.6 Å². The molecular weight excluding hydrogens is 208 g/mol. The molecule has 3 nitrogen and oxygen atoms in total. The van der Waals surface area contributed by atoms with E-state index in [0.717, 1.165) is 41.5 Å². The van der Waals surface area contributed by atoms with Crippen molar-refractivity contribution >= 4 is 22.2 Å². The fraction of sp³-hybridized carbons (Fsp3) is 0.455. The van der Waals surface area contributed by atoms with Gasteiger partial charge in [-0.05, 0) is 32.3 Å². The summed E-state index contributed by atoms with van der Waals surface area (Å²) in [6.45, 7) is 6.31. The molecule has 2 rings (SSSR count). The number of thiazole rings is 1. The predicted octanol–water partition coefficient (Wildman–Crippen LogP) is 2.31. The summed E-state index contributed by atoms with van der Waals surface area (Å²) in [6.07, 6.45) is 4.52. The molecule has 0 radical (unpaired) electrons. The minimum absolute atomic E-state index is 0.0122. The summed E-state index contributed by atoms with van der Waals surface area (Å²) < 4.78 is 0. The van der Waals surface area contributed by atoms with Gasteiger partial charge in [0.15, 0.2) is 0 Å². The van der Waals surface area contributed by atoms with Crippen LogP contribution in [0, 0.1) is 6.92 Å². The molecule has 0 bridgehead atoms. The van der Waals surface area contributed by atoms with E-state index < -0.39 is 0 Å². The van der Waals surface area contributed by atoms with Crippen LogP contribution in [0.3, 0.4) is 0 Å². The maximum absolute atomic E-state index is 11.7. The van der Waals surface area contributed by atoms with Gasteiger partial charge in [-0.3, -0.25) is 9.69 Å². The largest absolute Gasteiger partial charge is 0.299 e. The monoisotopic (exact) mass is 222 g/mol. The molecule has 80 valence electrons. The molecule has 0 unspecified atom stereocenters. The normalized spacial score (nSPS) is 15.7. The first-order valence-corrected chi connectivity index (χ1v) is 5.94. The number of fused-ring (bicyclic) bond motifs is 1. The number of hydrogen-bond acceptors (Lipinski definition) is 3. The van der Waals surface area contributed by atoms with Gasteiger partial charge in [-0.15, -0.1) is 11.3 Å². The third-order valence-electron chi connectivity index (χ3n) is 2.51. The zero-order valence-corrected chi connectivity index (χ0v) is 9.64. The fourth-order valence-corrected chi connectivity index (χ4v) is 2.81. The lowest BCUT2D eigenvalue weighted by molar-refractivity contribution is -0.114. The summed E-state index contributed by atoms with van der Waals surface area (Å²) in [7, 11) is 0. The third-order valence-corrected chi connectivity index (χ3v) is 3.55. The van der Waals surface area contributed by atoms with Crippen LogP contribution in [0.2, 0.25) is 0 Å². The van der Waals surface area contributed by atoms with Crippen LogP contribution in [0.25, 0.3) is 0 Å². The van der Waals surface area contributed by atoms with E-state index in [1.165, 1.54) is 6.08 Å². The van der Waals surface area contributed by atoms with Gasteiger partial charge in [-0.25, -0.2) is 4.98 Å². The number of aromatic nitrogens is 1. The van der Waals surface area contributed by atoms with Crippen molar-refractivity contribution in [3.8, 4) is 0 Å². The lowest BCUT2D eigenvalue weighted by atomic mass is 10.2. The summed E-state index contributed by atoms with van der Waals surface area (Å²) in [5.74, 6) is -0.0122. The maximum atomic E-state index is 11.7. The number of hydrogen-bond donors (Lipinski definition) is 0. The lowest BCUT2D eigenvalue weighted by Crippen LogP contribution is -2.29. The molecule has 0 aliphatic carbocycles. The number of nitrogens with zero attached hydrogens (tertiary/aromatic N) is 2. The summed E-state index contributed by atoms with van der Waals surface area (Å²) in [5, 5.41) is 2.05. The molecule has 1 amide bonds. The molecule has 2 heterocycles. The van der Waals surface area contributed by atoms with E-state index in [-0.39, 0.29) is 5.91 Å². The average Bonchev–Trinajstić information content (AvgIpc) is 2.48. The van der Waals surface area contributed by atoms with Gasteiger partial charge < -0.3 is 0 Å². The summed E-state index contributed by atoms with van der Waals surface area (Å²) in [5.41, 5.74) is 1.07. The van der Waals surface area contributed by atoms with Crippen LogP contribution in [-0.2, 0) is 11.2 Å². The average molecular weight is 222 g/mol. The summed E-state index contributed by atoms with van der Waals surface area (Å²) in [4.78, 5) is 18.0. The van der Waals surface area contributed by atoms with Crippen molar-refractivity contribution in [3.05, 3.63) is 23.4 Å². The highest BCUT2D eigenvalue weighted by Crippen LogP contribution is 2.32. The van der Waals surface area contributed by atoms with Gasteiger partial charge in [0.05, 0.1) is 10.7 Å². The van der Waals surface area contributed by atoms with E-state index in [1.807, 2.05) is 6.92 Å². The van der Waals surface area contributed by atoms with Crippen LogP contribution in [-0.4, -0.2) is 17.4 Å². The second kappa shape index (κ2) is 4.14. The van der Waals surface area contributed by atoms with Crippen molar-refractivity contribution in [2.45, 2.75) is 26.2 Å². The third kappa shape index (κ3) is 1.95. The molecule has 0 aromatic carbocycles. The molecule has 0 saturated carbocycles. The molecule has 0 N–H and O–H groups in total. The first-order chi connectivity index (χ1) is 7.22. The number of rotatable bonds is 1. The summed E-state index contributed by atoms with van der Waals surface area (Å²) in [6, 6.07) is 0. The molecule has 0 fully saturated rings. The Labute approximate surface area is 93.4 Å². The minimum Gasteiger partial charge on any atom is -0.299 e. The topological polar surface area (TPSA) is 33.2 Å². The Morgan fingerprint density at radius 2 is 2.40 bits per heavy atom. The Bertz CT molecular complexity index is 397. The van der Waals surface area contributed by atoms with Crippen molar-refractivity contribution < 1.29 is 4.79 Å². The molecule has 0 saturated heterocycles. The Balaban J connectivity index is 2.40. The smallest absolute Gasteiger partial charge is 0.251 e. The number of carbonyl (C=O) groups excluding carboxylic acids is 1. The van der Waals surface area contributed by atoms with Crippen molar-refractivity contribution in [1.29, 1.82) is 0 Å². The molecule has 0 atom stereocenters. The van der Waals surface area contributed by atoms with Gasteiger partial charge in [0.1, 0.15) is 5.00 Å². The van der Waals surface area contributed by atoms with Gasteiger partial charge in [-0.2, -0.15) is 0 Å². The van der Waals surface area contributed by atoms with Crippen LogP contribution in [0.15, 0.2) is 12.7 Å². The number of anilines is 1. The number of aryl methyl sites for hydroxylation is 2. The van der Waals surface area contributed by atoms with Crippen LogP contribution in [0.1, 0.15) is 23.5 Å². The molecular formula is C11H14N2OS. The SMILES string of the molecule is C=CC(=O)N1CCCCc2nc(C)sc21. The van der Waals surface area contributed by atoms with Crippen LogP contribution in [0.5, 0.6) is 0 Å². The van der Waals surface area contributed by atoms with Crippen LogP contribution >= 0.6 is 11.3 Å². The van der Waals surface area contributed by atoms with Gasteiger partial charge in [0.25, 0.3) is 5.91 Å². The highest BCUT2D eigenvalue weighted by molar-refractivity contribution is 7.16. The quantitative estimate of drug-likeness (QED) is 0.683. The van der Waals surface area contributed by atoms with Crippen LogP contribution in [0.4, 0.5) is 5.00 Å². The molecule has 4 heteroatoms. The van der Waals surface area contributed by atoms with Gasteiger partial charge >= 0.3 is 0 Å². The molecule has 1 aromatic heterocycles. The lowest BCUT2D eigenvalue weighted by Gasteiger charge is -2.17. The van der Waals surface area contributed by atoms with Crippen LogP contribution < -0.4 is 4.90 Å². The highest BCUT2D eigenvalue weighted by atomic mass is 32.1. The Kier molecular flexibility index (Phi) is 2.86. The molecule has 0 spiro atoms. The second-order valence-electron chi connectivity index (χ2n) is 3.64. The molecule has 1 aliphatic rings. The standard InChI is InChI=1S/C11H14N2OS/c1-3-10(14)13-7-5-4-6-9-11(13)15-8(2)12-9/h3H,1,4-7H2,2H3. The highest BCUT2D eigenvalue weighted by Gasteiger charge is 2.22. The maximum Gasteiger partial charge on any atom is 0.251 e. The fourth-order valence-electron chi connectivity index (χ4n) is 1.82. The zero-order valence-electron chi connectivity index (χ0n) is 8.82. The number of amides is 1. The van der Waals surface area contributed by atoms with Crippen molar-refractivity contribution in [1.82, 2.24) is 4.98 Å². The molecule has 1 aromatic rings. The van der Waals surface area contributed by atoms with E-state index in [0.29, 0.717) is 0 Å². The first-order valence-electron chi connectivity index (χ1n) is 5.12. The zero-order chi connectivity index (χ0) is 10.8. The Morgan fingerprint density at radius 1 is 1.60 bits per heavy atom. The second-order valence-corrected chi connectivity index (χ2v) is 4.82. The van der Waals surface area contributed by atoms with E-state index >= 15 is 0 Å². The van der Waals surface area contributed by atoms with E-state index in [1.54, 1.807) is 16.2 Å². The van der Waals surface area contributed by atoms with Crippen molar-refractivity contribution in [3.63, 3.8) is 0 Å². The van der Waals surface area contributed by atoms with E-state index in [4.69, 9.17) is 0 Å². The number of carbonyl (C=O) groups is 1. The van der Waals surface area contributed by atoms with Gasteiger partial charge in [0, 0.05) is 6.54 Å². The van der Waals surface area contributed by atoms with E-state index in [9.17, 15) is 4.79 Å².